The molecule has 0 spiro atoms. The van der Waals surface area contributed by atoms with Gasteiger partial charge in [-0.05, 0) is 6.07 Å². The minimum absolute atomic E-state index is 0.141. The third-order valence-corrected chi connectivity index (χ3v) is 1.27. The molecule has 0 atom stereocenters. The molecule has 0 amide bonds. The molecule has 0 saturated heterocycles. The smallest absolute Gasteiger partial charge is 0.404 e. The summed E-state index contributed by atoms with van der Waals surface area (Å²) in [5.41, 5.74) is -1.19. The van der Waals surface area contributed by atoms with Gasteiger partial charge in [-0.15, -0.1) is 13.2 Å². The molecule has 0 aliphatic carbocycles. The van der Waals surface area contributed by atoms with Gasteiger partial charge >= 0.3 is 6.36 Å². The van der Waals surface area contributed by atoms with Gasteiger partial charge in [-0.25, -0.2) is 0 Å². The normalized spacial score (nSPS) is 11.1. The van der Waals surface area contributed by atoms with Gasteiger partial charge in [-0.2, -0.15) is 0 Å². The van der Waals surface area contributed by atoms with Gasteiger partial charge in [-0.3, -0.25) is 9.59 Å². The number of ether oxygens (including phenoxy) is 1. The van der Waals surface area contributed by atoms with Crippen molar-refractivity contribution < 1.29 is 22.7 Å². The van der Waals surface area contributed by atoms with Gasteiger partial charge in [0.2, 0.25) is 0 Å². The molecule has 0 aliphatic rings. The first-order chi connectivity index (χ1) is 6.42. The van der Waals surface area contributed by atoms with Crippen LogP contribution in [0, 0.1) is 0 Å². The first-order valence-corrected chi connectivity index (χ1v) is 3.36. The summed E-state index contributed by atoms with van der Waals surface area (Å²) in [7, 11) is 0. The number of alkyl halides is 3. The second-order valence-corrected chi connectivity index (χ2v) is 2.29. The molecule has 76 valence electrons. The summed E-state index contributed by atoms with van der Waals surface area (Å²) in [6, 6.07) is 0.708. The van der Waals surface area contributed by atoms with Crippen LogP contribution in [-0.4, -0.2) is 17.6 Å². The number of rotatable bonds is 2. The summed E-state index contributed by atoms with van der Waals surface area (Å²) in [5, 5.41) is 0. The first-order valence-electron chi connectivity index (χ1n) is 3.36. The van der Waals surface area contributed by atoms with E-state index in [1.807, 2.05) is 4.98 Å². The zero-order chi connectivity index (χ0) is 10.8. The zero-order valence-corrected chi connectivity index (χ0v) is 6.59. The van der Waals surface area contributed by atoms with E-state index in [-0.39, 0.29) is 6.29 Å². The molecule has 0 unspecified atom stereocenters. The van der Waals surface area contributed by atoms with E-state index >= 15 is 0 Å². The van der Waals surface area contributed by atoms with Crippen molar-refractivity contribution >= 4 is 6.29 Å². The molecule has 0 aromatic carbocycles. The maximum Gasteiger partial charge on any atom is 0.573 e. The van der Waals surface area contributed by atoms with E-state index in [1.54, 1.807) is 0 Å². The van der Waals surface area contributed by atoms with E-state index in [0.29, 0.717) is 6.07 Å². The molecule has 0 saturated carbocycles. The molecular formula is C7H4F3NO3. The lowest BCUT2D eigenvalue weighted by Crippen LogP contribution is -2.19. The van der Waals surface area contributed by atoms with Crippen LogP contribution in [-0.2, 0) is 0 Å². The minimum atomic E-state index is -4.85. The number of carbonyl (C=O) groups is 1. The van der Waals surface area contributed by atoms with E-state index < -0.39 is 23.2 Å². The molecule has 1 heterocycles. The largest absolute Gasteiger partial charge is 0.573 e. The molecular weight excluding hydrogens is 203 g/mol. The fraction of sp³-hybridized carbons (Fsp3) is 0.143. The Labute approximate surface area is 75.3 Å². The Bertz CT molecular complexity index is 396. The minimum Gasteiger partial charge on any atom is -0.404 e. The van der Waals surface area contributed by atoms with Gasteiger partial charge in [0.25, 0.3) is 5.56 Å². The fourth-order valence-electron chi connectivity index (χ4n) is 0.761. The lowest BCUT2D eigenvalue weighted by Gasteiger charge is -2.07. The van der Waals surface area contributed by atoms with Crippen molar-refractivity contribution in [1.29, 1.82) is 0 Å². The van der Waals surface area contributed by atoms with Crippen LogP contribution in [0.3, 0.4) is 0 Å². The molecule has 0 radical (unpaired) electrons. The highest BCUT2D eigenvalue weighted by atomic mass is 19.4. The highest BCUT2D eigenvalue weighted by molar-refractivity contribution is 5.74. The molecule has 4 nitrogen and oxygen atoms in total. The average molecular weight is 207 g/mol. The van der Waals surface area contributed by atoms with Crippen molar-refractivity contribution in [3.63, 3.8) is 0 Å². The van der Waals surface area contributed by atoms with E-state index in [1.165, 1.54) is 0 Å². The third-order valence-electron chi connectivity index (χ3n) is 1.27. The summed E-state index contributed by atoms with van der Waals surface area (Å²) in [6.45, 7) is 0. The summed E-state index contributed by atoms with van der Waals surface area (Å²) in [5.74, 6) is -0.640. The number of aromatic amines is 1. The Balaban J connectivity index is 3.02. The van der Waals surface area contributed by atoms with Crippen molar-refractivity contribution in [2.75, 3.05) is 0 Å². The predicted molar refractivity (Wildman–Crippen MR) is 39.1 cm³/mol. The lowest BCUT2D eigenvalue weighted by molar-refractivity contribution is -0.274. The van der Waals surface area contributed by atoms with Crippen molar-refractivity contribution in [2.45, 2.75) is 6.36 Å². The monoisotopic (exact) mass is 207 g/mol. The molecule has 1 aromatic heterocycles. The van der Waals surface area contributed by atoms with Crippen LogP contribution in [0.25, 0.3) is 0 Å². The number of carbonyl (C=O) groups excluding carboxylic acids is 1. The molecule has 7 heteroatoms. The van der Waals surface area contributed by atoms with Crippen molar-refractivity contribution in [3.05, 3.63) is 28.2 Å². The topological polar surface area (TPSA) is 59.2 Å². The van der Waals surface area contributed by atoms with E-state index in [9.17, 15) is 22.8 Å². The average Bonchev–Trinajstić information content (AvgIpc) is 2.06. The molecule has 1 N–H and O–H groups in total. The summed E-state index contributed by atoms with van der Waals surface area (Å²) in [4.78, 5) is 22.9. The summed E-state index contributed by atoms with van der Waals surface area (Å²) >= 11 is 0. The Hall–Kier alpha value is -1.79. The SMILES string of the molecule is O=Cc1cc(OC(F)(F)F)c[nH]c1=O. The van der Waals surface area contributed by atoms with Crippen molar-refractivity contribution in [3.8, 4) is 5.75 Å². The van der Waals surface area contributed by atoms with Crippen LogP contribution >= 0.6 is 0 Å². The third kappa shape index (κ3) is 2.61. The molecule has 1 rings (SSSR count). The number of hydrogen-bond acceptors (Lipinski definition) is 3. The molecule has 0 bridgehead atoms. The number of H-pyrrole nitrogens is 1. The molecule has 14 heavy (non-hydrogen) atoms. The van der Waals surface area contributed by atoms with Crippen molar-refractivity contribution in [2.24, 2.45) is 0 Å². The molecule has 1 aromatic rings. The van der Waals surface area contributed by atoms with Crippen molar-refractivity contribution in [1.82, 2.24) is 4.98 Å². The van der Waals surface area contributed by atoms with Crippen LogP contribution in [0.4, 0.5) is 13.2 Å². The first kappa shape index (κ1) is 10.3. The summed E-state index contributed by atoms with van der Waals surface area (Å²) < 4.78 is 38.5. The second kappa shape index (κ2) is 3.52. The van der Waals surface area contributed by atoms with Crippen LogP contribution in [0.1, 0.15) is 10.4 Å². The summed E-state index contributed by atoms with van der Waals surface area (Å²) in [6.07, 6.45) is -3.98. The molecule has 0 fully saturated rings. The maximum absolute atomic E-state index is 11.7. The van der Waals surface area contributed by atoms with Crippen LogP contribution in [0.15, 0.2) is 17.1 Å². The number of hydrogen-bond donors (Lipinski definition) is 1. The number of pyridine rings is 1. The quantitative estimate of drug-likeness (QED) is 0.738. The standard InChI is InChI=1S/C7H4F3NO3/c8-7(9,10)14-5-1-4(3-12)6(13)11-2-5/h1-3H,(H,11,13). The number of nitrogens with one attached hydrogen (secondary N) is 1. The van der Waals surface area contributed by atoms with Crippen LogP contribution < -0.4 is 10.3 Å². The van der Waals surface area contributed by atoms with Gasteiger partial charge in [0.05, 0.1) is 5.56 Å². The highest BCUT2D eigenvalue weighted by Crippen LogP contribution is 2.21. The molecule has 0 aliphatic heterocycles. The Morgan fingerprint density at radius 2 is 2.07 bits per heavy atom. The fourth-order valence-corrected chi connectivity index (χ4v) is 0.761. The Morgan fingerprint density at radius 3 is 2.57 bits per heavy atom. The van der Waals surface area contributed by atoms with Gasteiger partial charge in [0, 0.05) is 6.20 Å². The van der Waals surface area contributed by atoms with Gasteiger partial charge in [0.1, 0.15) is 5.75 Å². The van der Waals surface area contributed by atoms with Gasteiger partial charge in [0.15, 0.2) is 6.29 Å². The van der Waals surface area contributed by atoms with Crippen LogP contribution in [0.2, 0.25) is 0 Å². The predicted octanol–water partition coefficient (Wildman–Crippen LogP) is 1.09. The van der Waals surface area contributed by atoms with Gasteiger partial charge < -0.3 is 9.72 Å². The van der Waals surface area contributed by atoms with E-state index in [0.717, 1.165) is 6.20 Å². The van der Waals surface area contributed by atoms with E-state index in [2.05, 4.69) is 4.74 Å². The number of halogens is 3. The number of aldehydes is 1. The Kier molecular flexibility index (Phi) is 2.59. The lowest BCUT2D eigenvalue weighted by atomic mass is 10.3. The Morgan fingerprint density at radius 1 is 1.43 bits per heavy atom. The number of aromatic nitrogens is 1. The van der Waals surface area contributed by atoms with Crippen LogP contribution in [0.5, 0.6) is 5.75 Å². The van der Waals surface area contributed by atoms with E-state index in [4.69, 9.17) is 0 Å². The second-order valence-electron chi connectivity index (χ2n) is 2.29. The highest BCUT2D eigenvalue weighted by Gasteiger charge is 2.31. The zero-order valence-electron chi connectivity index (χ0n) is 6.59. The van der Waals surface area contributed by atoms with Gasteiger partial charge in [-0.1, -0.05) is 0 Å². The maximum atomic E-state index is 11.7.